The molecule has 31 heavy (non-hydrogen) atoms. The first-order chi connectivity index (χ1) is 14.5. The van der Waals surface area contributed by atoms with Gasteiger partial charge in [-0.2, -0.15) is 0 Å². The van der Waals surface area contributed by atoms with E-state index in [2.05, 4.69) is 76.6 Å². The Labute approximate surface area is 204 Å². The lowest BCUT2D eigenvalue weighted by molar-refractivity contribution is -0.122. The maximum Gasteiger partial charge on any atom is 0.234 e. The third-order valence-electron chi connectivity index (χ3n) is 5.85. The van der Waals surface area contributed by atoms with Crippen LogP contribution in [0.3, 0.4) is 0 Å². The van der Waals surface area contributed by atoms with Crippen LogP contribution in [0, 0.1) is 0 Å². The molecule has 8 heteroatoms. The van der Waals surface area contributed by atoms with Gasteiger partial charge < -0.3 is 15.5 Å². The topological polar surface area (TPSA) is 63.2 Å². The van der Waals surface area contributed by atoms with Crippen molar-refractivity contribution in [1.82, 2.24) is 25.3 Å². The lowest BCUT2D eigenvalue weighted by atomic mass is 10.2. The van der Waals surface area contributed by atoms with E-state index >= 15 is 0 Å². The highest BCUT2D eigenvalue weighted by atomic mass is 127. The molecule has 0 spiro atoms. The van der Waals surface area contributed by atoms with Crippen LogP contribution < -0.4 is 10.6 Å². The fourth-order valence-corrected chi connectivity index (χ4v) is 3.63. The van der Waals surface area contributed by atoms with Gasteiger partial charge in [-0.05, 0) is 39.3 Å². The zero-order valence-corrected chi connectivity index (χ0v) is 21.5. The van der Waals surface area contributed by atoms with Crippen molar-refractivity contribution in [1.29, 1.82) is 0 Å². The largest absolute Gasteiger partial charge is 0.357 e. The monoisotopic (exact) mass is 542 g/mol. The number of rotatable bonds is 9. The second kappa shape index (κ2) is 13.2. The number of halogens is 1. The van der Waals surface area contributed by atoms with Gasteiger partial charge in [-0.25, -0.2) is 0 Å². The zero-order valence-electron chi connectivity index (χ0n) is 19.2. The third-order valence-corrected chi connectivity index (χ3v) is 5.85. The van der Waals surface area contributed by atoms with Gasteiger partial charge >= 0.3 is 0 Å². The molecule has 2 aliphatic rings. The third kappa shape index (κ3) is 8.94. The molecule has 1 saturated heterocycles. The lowest BCUT2D eigenvalue weighted by Crippen LogP contribution is -2.54. The van der Waals surface area contributed by atoms with Gasteiger partial charge in [0.15, 0.2) is 5.96 Å². The molecule has 2 N–H and O–H groups in total. The van der Waals surface area contributed by atoms with Crippen LogP contribution >= 0.6 is 24.0 Å². The summed E-state index contributed by atoms with van der Waals surface area (Å²) in [5.74, 6) is 1.15. The molecule has 1 aromatic carbocycles. The van der Waals surface area contributed by atoms with Gasteiger partial charge in [-0.3, -0.25) is 19.6 Å². The Kier molecular flexibility index (Phi) is 11.0. The van der Waals surface area contributed by atoms with Crippen LogP contribution in [0.25, 0.3) is 0 Å². The number of carbonyl (C=O) groups excluding carboxylic acids is 1. The van der Waals surface area contributed by atoms with Gasteiger partial charge in [0, 0.05) is 51.4 Å². The number of nitrogens with zero attached hydrogens (tertiary/aromatic N) is 4. The molecule has 3 rings (SSSR count). The van der Waals surface area contributed by atoms with E-state index in [0.717, 1.165) is 64.6 Å². The molecule has 2 fully saturated rings. The number of likely N-dealkylation sites (N-methyl/N-ethyl adjacent to an activating group) is 1. The summed E-state index contributed by atoms with van der Waals surface area (Å²) < 4.78 is 0. The summed E-state index contributed by atoms with van der Waals surface area (Å²) in [5.41, 5.74) is 1.32. The summed E-state index contributed by atoms with van der Waals surface area (Å²) >= 11 is 0. The SMILES string of the molecule is CCNC(=NCC(C)N(C)Cc1ccccc1)N1CCN(CC(=O)NC2CC2)CC1.I. The van der Waals surface area contributed by atoms with E-state index in [4.69, 9.17) is 4.99 Å². The van der Waals surface area contributed by atoms with E-state index < -0.39 is 0 Å². The van der Waals surface area contributed by atoms with E-state index in [9.17, 15) is 4.79 Å². The highest BCUT2D eigenvalue weighted by molar-refractivity contribution is 14.0. The summed E-state index contributed by atoms with van der Waals surface area (Å²) in [5, 5.41) is 6.53. The van der Waals surface area contributed by atoms with Gasteiger partial charge in [0.1, 0.15) is 0 Å². The van der Waals surface area contributed by atoms with Gasteiger partial charge in [0.2, 0.25) is 5.91 Å². The molecule has 7 nitrogen and oxygen atoms in total. The predicted molar refractivity (Wildman–Crippen MR) is 138 cm³/mol. The molecule has 1 atom stereocenters. The molecule has 174 valence electrons. The van der Waals surface area contributed by atoms with Crippen molar-refractivity contribution in [2.24, 2.45) is 4.99 Å². The standard InChI is InChI=1S/C23H38N6O.HI/c1-4-24-23(25-16-19(2)27(3)17-20-8-6-5-7-9-20)29-14-12-28(13-15-29)18-22(30)26-21-10-11-21;/h5-9,19,21H,4,10-18H2,1-3H3,(H,24,25)(H,26,30);1H. The number of piperazine rings is 1. The molecule has 1 aliphatic carbocycles. The molecule has 1 amide bonds. The average molecular weight is 543 g/mol. The zero-order chi connectivity index (χ0) is 21.3. The summed E-state index contributed by atoms with van der Waals surface area (Å²) in [6, 6.07) is 11.4. The number of guanidine groups is 1. The van der Waals surface area contributed by atoms with Crippen molar-refractivity contribution in [3.63, 3.8) is 0 Å². The smallest absolute Gasteiger partial charge is 0.234 e. The normalized spacial score (nSPS) is 18.5. The molecular formula is C23H39IN6O. The van der Waals surface area contributed by atoms with Crippen molar-refractivity contribution in [3.8, 4) is 0 Å². The summed E-state index contributed by atoms with van der Waals surface area (Å²) in [6.07, 6.45) is 2.28. The number of amides is 1. The predicted octanol–water partition coefficient (Wildman–Crippen LogP) is 1.99. The molecule has 1 saturated carbocycles. The van der Waals surface area contributed by atoms with Gasteiger partial charge in [-0.15, -0.1) is 24.0 Å². The maximum atomic E-state index is 12.0. The van der Waals surface area contributed by atoms with E-state index in [1.807, 2.05) is 0 Å². The summed E-state index contributed by atoms with van der Waals surface area (Å²) in [4.78, 5) is 23.9. The fraction of sp³-hybridized carbons (Fsp3) is 0.652. The van der Waals surface area contributed by atoms with Gasteiger partial charge in [0.05, 0.1) is 13.1 Å². The molecule has 1 aliphatic heterocycles. The van der Waals surface area contributed by atoms with Gasteiger partial charge in [0.25, 0.3) is 0 Å². The van der Waals surface area contributed by atoms with Crippen LogP contribution in [-0.4, -0.2) is 91.5 Å². The highest BCUT2D eigenvalue weighted by Crippen LogP contribution is 2.18. The van der Waals surface area contributed by atoms with Crippen molar-refractivity contribution in [2.75, 3.05) is 52.9 Å². The van der Waals surface area contributed by atoms with Crippen LogP contribution in [0.4, 0.5) is 0 Å². The Morgan fingerprint density at radius 3 is 2.48 bits per heavy atom. The summed E-state index contributed by atoms with van der Waals surface area (Å²) in [6.45, 7) is 11.0. The number of nitrogens with one attached hydrogen (secondary N) is 2. The van der Waals surface area contributed by atoms with Crippen LogP contribution in [0.15, 0.2) is 35.3 Å². The van der Waals surface area contributed by atoms with Crippen LogP contribution in [0.2, 0.25) is 0 Å². The number of carbonyl (C=O) groups is 1. The Morgan fingerprint density at radius 1 is 1.19 bits per heavy atom. The lowest BCUT2D eigenvalue weighted by Gasteiger charge is -2.36. The first kappa shape index (κ1) is 25.9. The Morgan fingerprint density at radius 2 is 1.87 bits per heavy atom. The first-order valence-electron chi connectivity index (χ1n) is 11.3. The minimum Gasteiger partial charge on any atom is -0.357 e. The number of aliphatic imine (C=N–C) groups is 1. The number of hydrogen-bond acceptors (Lipinski definition) is 4. The quantitative estimate of drug-likeness (QED) is 0.284. The molecule has 0 radical (unpaired) electrons. The highest BCUT2D eigenvalue weighted by Gasteiger charge is 2.26. The minimum atomic E-state index is 0. The maximum absolute atomic E-state index is 12.0. The molecule has 1 unspecified atom stereocenters. The molecule has 1 heterocycles. The molecular weight excluding hydrogens is 503 g/mol. The van der Waals surface area contributed by atoms with Crippen LogP contribution in [-0.2, 0) is 11.3 Å². The van der Waals surface area contributed by atoms with E-state index in [0.29, 0.717) is 18.6 Å². The molecule has 1 aromatic rings. The van der Waals surface area contributed by atoms with Gasteiger partial charge in [-0.1, -0.05) is 30.3 Å². The number of hydrogen-bond donors (Lipinski definition) is 2. The summed E-state index contributed by atoms with van der Waals surface area (Å²) in [7, 11) is 2.16. The van der Waals surface area contributed by atoms with E-state index in [-0.39, 0.29) is 29.9 Å². The Bertz CT molecular complexity index is 689. The fourth-order valence-electron chi connectivity index (χ4n) is 3.63. The molecule has 0 aromatic heterocycles. The van der Waals surface area contributed by atoms with E-state index in [1.165, 1.54) is 5.56 Å². The first-order valence-corrected chi connectivity index (χ1v) is 11.3. The van der Waals surface area contributed by atoms with Crippen molar-refractivity contribution in [3.05, 3.63) is 35.9 Å². The van der Waals surface area contributed by atoms with Crippen molar-refractivity contribution < 1.29 is 4.79 Å². The van der Waals surface area contributed by atoms with Crippen LogP contribution in [0.5, 0.6) is 0 Å². The second-order valence-corrected chi connectivity index (χ2v) is 8.55. The second-order valence-electron chi connectivity index (χ2n) is 8.55. The minimum absolute atomic E-state index is 0. The van der Waals surface area contributed by atoms with Crippen molar-refractivity contribution in [2.45, 2.75) is 45.3 Å². The average Bonchev–Trinajstić information content (AvgIpc) is 3.56. The van der Waals surface area contributed by atoms with Crippen LogP contribution in [0.1, 0.15) is 32.3 Å². The Hall–Kier alpha value is -1.39. The van der Waals surface area contributed by atoms with Crippen molar-refractivity contribution >= 4 is 35.8 Å². The number of benzene rings is 1. The Balaban J connectivity index is 0.00000341. The van der Waals surface area contributed by atoms with E-state index in [1.54, 1.807) is 0 Å². The molecule has 0 bridgehead atoms.